The molecule has 0 radical (unpaired) electrons. The van der Waals surface area contributed by atoms with Gasteiger partial charge in [-0.2, -0.15) is 0 Å². The third-order valence-corrected chi connectivity index (χ3v) is 4.25. The number of aromatic nitrogens is 1. The average molecular weight is 233 g/mol. The van der Waals surface area contributed by atoms with Crippen LogP contribution in [0, 0.1) is 12.3 Å². The van der Waals surface area contributed by atoms with Crippen LogP contribution < -0.4 is 11.1 Å². The van der Waals surface area contributed by atoms with Crippen LogP contribution in [0.3, 0.4) is 0 Å². The van der Waals surface area contributed by atoms with Gasteiger partial charge in [0.25, 0.3) is 0 Å². The molecule has 1 saturated carbocycles. The summed E-state index contributed by atoms with van der Waals surface area (Å²) in [5.41, 5.74) is 8.38. The van der Waals surface area contributed by atoms with Crippen molar-refractivity contribution in [3.63, 3.8) is 0 Å². The van der Waals surface area contributed by atoms with Crippen molar-refractivity contribution >= 4 is 11.5 Å². The first-order chi connectivity index (χ1) is 8.17. The van der Waals surface area contributed by atoms with Crippen molar-refractivity contribution < 1.29 is 0 Å². The van der Waals surface area contributed by atoms with E-state index >= 15 is 0 Å². The summed E-state index contributed by atoms with van der Waals surface area (Å²) in [6, 6.07) is 1.95. The minimum Gasteiger partial charge on any atom is -0.396 e. The SMILES string of the molecule is CCC1(CNc2nccc(C)c2N)CCCC1. The molecule has 0 unspecified atom stereocenters. The van der Waals surface area contributed by atoms with Gasteiger partial charge in [0.1, 0.15) is 5.82 Å². The van der Waals surface area contributed by atoms with Gasteiger partial charge in [-0.1, -0.05) is 19.8 Å². The summed E-state index contributed by atoms with van der Waals surface area (Å²) in [7, 11) is 0. The molecule has 1 aromatic rings. The third-order valence-electron chi connectivity index (χ3n) is 4.25. The first kappa shape index (κ1) is 12.2. The molecule has 0 atom stereocenters. The van der Waals surface area contributed by atoms with Crippen LogP contribution >= 0.6 is 0 Å². The molecule has 0 aromatic carbocycles. The number of nitrogens with one attached hydrogen (secondary N) is 1. The van der Waals surface area contributed by atoms with Crippen molar-refractivity contribution in [2.24, 2.45) is 5.41 Å². The number of aryl methyl sites for hydroxylation is 1. The average Bonchev–Trinajstić information content (AvgIpc) is 2.81. The van der Waals surface area contributed by atoms with Gasteiger partial charge in [-0.05, 0) is 43.2 Å². The Morgan fingerprint density at radius 3 is 2.76 bits per heavy atom. The molecule has 94 valence electrons. The quantitative estimate of drug-likeness (QED) is 0.838. The number of hydrogen-bond donors (Lipinski definition) is 2. The highest BCUT2D eigenvalue weighted by atomic mass is 15.0. The number of hydrogen-bond acceptors (Lipinski definition) is 3. The number of pyridine rings is 1. The van der Waals surface area contributed by atoms with E-state index in [4.69, 9.17) is 5.73 Å². The number of rotatable bonds is 4. The predicted octanol–water partition coefficient (Wildman–Crippen LogP) is 3.35. The fourth-order valence-corrected chi connectivity index (χ4v) is 2.76. The first-order valence-corrected chi connectivity index (χ1v) is 6.62. The highest BCUT2D eigenvalue weighted by Gasteiger charge is 2.31. The van der Waals surface area contributed by atoms with Crippen LogP contribution in [0.5, 0.6) is 0 Å². The fraction of sp³-hybridized carbons (Fsp3) is 0.643. The number of nitrogens with two attached hydrogens (primary N) is 1. The van der Waals surface area contributed by atoms with Crippen LogP contribution in [0.2, 0.25) is 0 Å². The van der Waals surface area contributed by atoms with E-state index in [1.807, 2.05) is 19.2 Å². The second-order valence-electron chi connectivity index (χ2n) is 5.30. The Morgan fingerprint density at radius 2 is 2.12 bits per heavy atom. The zero-order valence-corrected chi connectivity index (χ0v) is 10.9. The normalized spacial score (nSPS) is 18.2. The molecule has 1 fully saturated rings. The molecule has 1 heterocycles. The van der Waals surface area contributed by atoms with Crippen molar-refractivity contribution in [1.29, 1.82) is 0 Å². The van der Waals surface area contributed by atoms with E-state index in [0.717, 1.165) is 23.6 Å². The number of anilines is 2. The standard InChI is InChI=1S/C14H23N3/c1-3-14(7-4-5-8-14)10-17-13-12(15)11(2)6-9-16-13/h6,9H,3-5,7-8,10,15H2,1-2H3,(H,16,17). The molecule has 3 nitrogen and oxygen atoms in total. The molecule has 2 rings (SSSR count). The summed E-state index contributed by atoms with van der Waals surface area (Å²) in [6.07, 6.45) is 8.47. The zero-order chi connectivity index (χ0) is 12.3. The van der Waals surface area contributed by atoms with E-state index in [1.165, 1.54) is 32.1 Å². The van der Waals surface area contributed by atoms with Gasteiger partial charge in [0.05, 0.1) is 5.69 Å². The Hall–Kier alpha value is -1.25. The second-order valence-corrected chi connectivity index (χ2v) is 5.30. The molecule has 3 N–H and O–H groups in total. The Kier molecular flexibility index (Phi) is 3.55. The van der Waals surface area contributed by atoms with Crippen LogP contribution in [0.15, 0.2) is 12.3 Å². The largest absolute Gasteiger partial charge is 0.396 e. The maximum atomic E-state index is 6.03. The fourth-order valence-electron chi connectivity index (χ4n) is 2.76. The lowest BCUT2D eigenvalue weighted by Gasteiger charge is -2.28. The highest BCUT2D eigenvalue weighted by molar-refractivity contribution is 5.64. The summed E-state index contributed by atoms with van der Waals surface area (Å²) >= 11 is 0. The zero-order valence-electron chi connectivity index (χ0n) is 10.9. The van der Waals surface area contributed by atoms with Gasteiger partial charge in [0, 0.05) is 12.7 Å². The van der Waals surface area contributed by atoms with Crippen LogP contribution in [-0.2, 0) is 0 Å². The molecular formula is C14H23N3. The molecule has 0 spiro atoms. The minimum atomic E-state index is 0.470. The third kappa shape index (κ3) is 2.54. The van der Waals surface area contributed by atoms with E-state index in [1.54, 1.807) is 0 Å². The molecule has 0 bridgehead atoms. The Morgan fingerprint density at radius 1 is 1.41 bits per heavy atom. The number of nitrogens with zero attached hydrogens (tertiary/aromatic N) is 1. The Balaban J connectivity index is 2.04. The summed E-state index contributed by atoms with van der Waals surface area (Å²) in [5, 5.41) is 3.45. The Labute approximate surface area is 104 Å². The van der Waals surface area contributed by atoms with Crippen LogP contribution in [0.1, 0.15) is 44.6 Å². The van der Waals surface area contributed by atoms with Gasteiger partial charge in [0.2, 0.25) is 0 Å². The van der Waals surface area contributed by atoms with E-state index < -0.39 is 0 Å². The van der Waals surface area contributed by atoms with Gasteiger partial charge in [-0.3, -0.25) is 0 Å². The first-order valence-electron chi connectivity index (χ1n) is 6.62. The predicted molar refractivity (Wildman–Crippen MR) is 73.1 cm³/mol. The number of nitrogen functional groups attached to an aromatic ring is 1. The summed E-state index contributed by atoms with van der Waals surface area (Å²) in [5.74, 6) is 0.852. The topological polar surface area (TPSA) is 50.9 Å². The lowest BCUT2D eigenvalue weighted by atomic mass is 9.83. The van der Waals surface area contributed by atoms with Gasteiger partial charge in [-0.25, -0.2) is 4.98 Å². The maximum absolute atomic E-state index is 6.03. The molecule has 1 aromatic heterocycles. The van der Waals surface area contributed by atoms with Crippen molar-refractivity contribution in [3.8, 4) is 0 Å². The van der Waals surface area contributed by atoms with Crippen molar-refractivity contribution in [1.82, 2.24) is 4.98 Å². The monoisotopic (exact) mass is 233 g/mol. The van der Waals surface area contributed by atoms with E-state index in [-0.39, 0.29) is 0 Å². The van der Waals surface area contributed by atoms with Gasteiger partial charge in [-0.15, -0.1) is 0 Å². The summed E-state index contributed by atoms with van der Waals surface area (Å²) in [6.45, 7) is 5.32. The Bertz CT molecular complexity index is 381. The molecule has 17 heavy (non-hydrogen) atoms. The summed E-state index contributed by atoms with van der Waals surface area (Å²) in [4.78, 5) is 4.33. The van der Waals surface area contributed by atoms with Gasteiger partial charge in [0.15, 0.2) is 0 Å². The van der Waals surface area contributed by atoms with Gasteiger partial charge < -0.3 is 11.1 Å². The molecule has 0 aliphatic heterocycles. The molecule has 1 aliphatic rings. The second kappa shape index (κ2) is 4.94. The molecule has 3 heteroatoms. The van der Waals surface area contributed by atoms with Crippen molar-refractivity contribution in [2.45, 2.75) is 46.0 Å². The highest BCUT2D eigenvalue weighted by Crippen LogP contribution is 2.41. The van der Waals surface area contributed by atoms with E-state index in [9.17, 15) is 0 Å². The van der Waals surface area contributed by atoms with Crippen LogP contribution in [0.4, 0.5) is 11.5 Å². The lowest BCUT2D eigenvalue weighted by molar-refractivity contribution is 0.306. The maximum Gasteiger partial charge on any atom is 0.149 e. The van der Waals surface area contributed by atoms with Crippen molar-refractivity contribution in [2.75, 3.05) is 17.6 Å². The molecular weight excluding hydrogens is 210 g/mol. The minimum absolute atomic E-state index is 0.470. The van der Waals surface area contributed by atoms with E-state index in [2.05, 4.69) is 17.2 Å². The summed E-state index contributed by atoms with van der Waals surface area (Å²) < 4.78 is 0. The molecule has 0 amide bonds. The molecule has 0 saturated heterocycles. The smallest absolute Gasteiger partial charge is 0.149 e. The van der Waals surface area contributed by atoms with E-state index in [0.29, 0.717) is 5.41 Å². The van der Waals surface area contributed by atoms with Gasteiger partial charge >= 0.3 is 0 Å². The van der Waals surface area contributed by atoms with Crippen molar-refractivity contribution in [3.05, 3.63) is 17.8 Å². The lowest BCUT2D eigenvalue weighted by Crippen LogP contribution is -2.26. The van der Waals surface area contributed by atoms with Crippen LogP contribution in [0.25, 0.3) is 0 Å². The molecule has 1 aliphatic carbocycles. The van der Waals surface area contributed by atoms with Crippen LogP contribution in [-0.4, -0.2) is 11.5 Å².